The lowest BCUT2D eigenvalue weighted by Gasteiger charge is -2.11. The molecular weight excluding hydrogens is 214 g/mol. The van der Waals surface area contributed by atoms with Crippen LogP contribution in [0.2, 0.25) is 0 Å². The number of anilines is 1. The maximum absolute atomic E-state index is 10.7. The highest BCUT2D eigenvalue weighted by atomic mass is 16.3. The van der Waals surface area contributed by atoms with Gasteiger partial charge >= 0.3 is 0 Å². The van der Waals surface area contributed by atoms with Crippen molar-refractivity contribution in [2.75, 3.05) is 11.9 Å². The van der Waals surface area contributed by atoms with Crippen molar-refractivity contribution in [1.29, 1.82) is 5.26 Å². The Balaban J connectivity index is 2.88. The molecule has 0 aliphatic rings. The van der Waals surface area contributed by atoms with E-state index in [1.54, 1.807) is 6.07 Å². The summed E-state index contributed by atoms with van der Waals surface area (Å²) in [6.45, 7) is 6.93. The van der Waals surface area contributed by atoms with E-state index in [1.165, 1.54) is 6.07 Å². The molecule has 0 bridgehead atoms. The first-order valence-electron chi connectivity index (χ1n) is 5.70. The minimum Gasteiger partial charge on any atom is -0.383 e. The first-order chi connectivity index (χ1) is 8.08. The van der Waals surface area contributed by atoms with E-state index in [2.05, 4.69) is 24.3 Å². The van der Waals surface area contributed by atoms with Crippen LogP contribution in [0, 0.1) is 29.1 Å². The maximum Gasteiger partial charge on any atom is 0.132 e. The second-order valence-corrected chi connectivity index (χ2v) is 4.50. The molecule has 1 rings (SSSR count). The van der Waals surface area contributed by atoms with Crippen molar-refractivity contribution in [3.63, 3.8) is 0 Å². The fourth-order valence-corrected chi connectivity index (χ4v) is 1.53. The van der Waals surface area contributed by atoms with E-state index in [1.807, 2.05) is 13.0 Å². The number of benzene rings is 1. The zero-order valence-electron chi connectivity index (χ0n) is 10.4. The first kappa shape index (κ1) is 13.2. The van der Waals surface area contributed by atoms with Crippen LogP contribution in [-0.2, 0) is 0 Å². The lowest BCUT2D eigenvalue weighted by atomic mass is 10.1. The van der Waals surface area contributed by atoms with Gasteiger partial charge in [-0.25, -0.2) is 0 Å². The number of nitriles is 1. The molecule has 1 aromatic carbocycles. The van der Waals surface area contributed by atoms with E-state index < -0.39 is 0 Å². The van der Waals surface area contributed by atoms with E-state index in [0.717, 1.165) is 18.5 Å². The molecule has 1 N–H and O–H groups in total. The Morgan fingerprint density at radius 3 is 2.71 bits per heavy atom. The normalized spacial score (nSPS) is 10.1. The van der Waals surface area contributed by atoms with Gasteiger partial charge in [-0.1, -0.05) is 13.8 Å². The molecular formula is C13H17N3O. The number of nitrogens with one attached hydrogen (secondary N) is 1. The maximum atomic E-state index is 10.7. The van der Waals surface area contributed by atoms with Gasteiger partial charge in [0.25, 0.3) is 0 Å². The zero-order valence-corrected chi connectivity index (χ0v) is 10.4. The van der Waals surface area contributed by atoms with Gasteiger partial charge in [-0.3, -0.25) is 0 Å². The molecule has 90 valence electrons. The number of hydrogen-bond acceptors (Lipinski definition) is 4. The molecule has 1 aromatic rings. The van der Waals surface area contributed by atoms with Gasteiger partial charge in [0.2, 0.25) is 0 Å². The van der Waals surface area contributed by atoms with Crippen LogP contribution in [0.25, 0.3) is 0 Å². The van der Waals surface area contributed by atoms with Crippen LogP contribution >= 0.6 is 0 Å². The third-order valence-corrected chi connectivity index (χ3v) is 2.60. The highest BCUT2D eigenvalue weighted by molar-refractivity contribution is 5.69. The molecule has 0 radical (unpaired) electrons. The van der Waals surface area contributed by atoms with Crippen molar-refractivity contribution in [1.82, 2.24) is 0 Å². The van der Waals surface area contributed by atoms with Crippen molar-refractivity contribution in [2.24, 2.45) is 11.1 Å². The Kier molecular flexibility index (Phi) is 4.65. The summed E-state index contributed by atoms with van der Waals surface area (Å²) in [6.07, 6.45) is 1.03. The summed E-state index contributed by atoms with van der Waals surface area (Å²) in [4.78, 5) is 10.7. The van der Waals surface area contributed by atoms with E-state index in [4.69, 9.17) is 5.26 Å². The van der Waals surface area contributed by atoms with E-state index >= 15 is 0 Å². The highest BCUT2D eigenvalue weighted by Crippen LogP contribution is 2.28. The van der Waals surface area contributed by atoms with Gasteiger partial charge in [0.1, 0.15) is 5.69 Å². The lowest BCUT2D eigenvalue weighted by Crippen LogP contribution is -2.05. The molecule has 4 heteroatoms. The van der Waals surface area contributed by atoms with Gasteiger partial charge in [-0.15, -0.1) is 4.91 Å². The summed E-state index contributed by atoms with van der Waals surface area (Å²) in [6, 6.07) is 5.37. The standard InChI is InChI=1S/C13H17N3O/c1-9(2)4-5-15-12-6-10(3)11(8-14)7-13(12)16-17/h6-7,9,15H,4-5H2,1-3H3. The van der Waals surface area contributed by atoms with Crippen LogP contribution in [0.1, 0.15) is 31.4 Å². The monoisotopic (exact) mass is 231 g/mol. The number of hydrogen-bond donors (Lipinski definition) is 1. The molecule has 0 atom stereocenters. The van der Waals surface area contributed by atoms with Crippen molar-refractivity contribution >= 4 is 11.4 Å². The Morgan fingerprint density at radius 1 is 1.47 bits per heavy atom. The van der Waals surface area contributed by atoms with E-state index in [0.29, 0.717) is 22.9 Å². The van der Waals surface area contributed by atoms with Gasteiger partial charge in [0, 0.05) is 6.54 Å². The van der Waals surface area contributed by atoms with Crippen LogP contribution < -0.4 is 5.32 Å². The topological polar surface area (TPSA) is 65.2 Å². The Bertz CT molecular complexity index is 447. The van der Waals surface area contributed by atoms with Crippen molar-refractivity contribution in [3.05, 3.63) is 28.2 Å². The molecule has 0 aromatic heterocycles. The smallest absolute Gasteiger partial charge is 0.132 e. The molecule has 0 saturated heterocycles. The van der Waals surface area contributed by atoms with E-state index in [-0.39, 0.29) is 0 Å². The Labute approximate surface area is 102 Å². The summed E-state index contributed by atoms with van der Waals surface area (Å²) in [5.74, 6) is 0.606. The van der Waals surface area contributed by atoms with Gasteiger partial charge in [-0.05, 0) is 42.1 Å². The second kappa shape index (κ2) is 6.00. The molecule has 17 heavy (non-hydrogen) atoms. The number of aryl methyl sites for hydroxylation is 1. The third kappa shape index (κ3) is 3.56. The van der Waals surface area contributed by atoms with Crippen LogP contribution in [0.4, 0.5) is 11.4 Å². The molecule has 0 amide bonds. The fraction of sp³-hybridized carbons (Fsp3) is 0.462. The third-order valence-electron chi connectivity index (χ3n) is 2.60. The SMILES string of the molecule is Cc1cc(NCCC(C)C)c(N=O)cc1C#N. The van der Waals surface area contributed by atoms with Crippen LogP contribution in [0.15, 0.2) is 17.3 Å². The average Bonchev–Trinajstić information content (AvgIpc) is 2.29. The Morgan fingerprint density at radius 2 is 2.18 bits per heavy atom. The minimum absolute atomic E-state index is 0.302. The molecule has 0 unspecified atom stereocenters. The number of nitrogens with zero attached hydrogens (tertiary/aromatic N) is 2. The number of nitroso groups, excluding NO2 is 1. The summed E-state index contributed by atoms with van der Waals surface area (Å²) >= 11 is 0. The van der Waals surface area contributed by atoms with Crippen LogP contribution in [0.5, 0.6) is 0 Å². The van der Waals surface area contributed by atoms with Gasteiger partial charge in [-0.2, -0.15) is 5.26 Å². The lowest BCUT2D eigenvalue weighted by molar-refractivity contribution is 0.607. The summed E-state index contributed by atoms with van der Waals surface area (Å²) in [7, 11) is 0. The quantitative estimate of drug-likeness (QED) is 0.785. The van der Waals surface area contributed by atoms with Gasteiger partial charge < -0.3 is 5.32 Å². The molecule has 0 aliphatic carbocycles. The van der Waals surface area contributed by atoms with Gasteiger partial charge in [0.05, 0.1) is 17.3 Å². The Hall–Kier alpha value is -1.89. The molecule has 0 heterocycles. The fourth-order valence-electron chi connectivity index (χ4n) is 1.53. The molecule has 0 aliphatic heterocycles. The molecule has 4 nitrogen and oxygen atoms in total. The summed E-state index contributed by atoms with van der Waals surface area (Å²) in [5.41, 5.74) is 2.36. The van der Waals surface area contributed by atoms with Crippen LogP contribution in [0.3, 0.4) is 0 Å². The predicted octanol–water partition coefficient (Wildman–Crippen LogP) is 3.72. The van der Waals surface area contributed by atoms with Crippen LogP contribution in [-0.4, -0.2) is 6.54 Å². The largest absolute Gasteiger partial charge is 0.383 e. The van der Waals surface area contributed by atoms with E-state index in [9.17, 15) is 4.91 Å². The predicted molar refractivity (Wildman–Crippen MR) is 69.3 cm³/mol. The number of rotatable bonds is 5. The van der Waals surface area contributed by atoms with Gasteiger partial charge in [0.15, 0.2) is 0 Å². The average molecular weight is 231 g/mol. The molecule has 0 fully saturated rings. The summed E-state index contributed by atoms with van der Waals surface area (Å²) in [5, 5.41) is 15.0. The minimum atomic E-state index is 0.302. The zero-order chi connectivity index (χ0) is 12.8. The second-order valence-electron chi connectivity index (χ2n) is 4.50. The first-order valence-corrected chi connectivity index (χ1v) is 5.70. The highest BCUT2D eigenvalue weighted by Gasteiger charge is 2.07. The van der Waals surface area contributed by atoms with Crippen molar-refractivity contribution < 1.29 is 0 Å². The van der Waals surface area contributed by atoms with Crippen molar-refractivity contribution in [3.8, 4) is 6.07 Å². The molecule has 0 saturated carbocycles. The van der Waals surface area contributed by atoms with Crippen molar-refractivity contribution in [2.45, 2.75) is 27.2 Å². The summed E-state index contributed by atoms with van der Waals surface area (Å²) < 4.78 is 0. The molecule has 0 spiro atoms.